The van der Waals surface area contributed by atoms with E-state index in [2.05, 4.69) is 25.7 Å². The molecule has 2 N–H and O–H groups in total. The highest BCUT2D eigenvalue weighted by molar-refractivity contribution is 5.27. The zero-order valence-electron chi connectivity index (χ0n) is 18.9. The summed E-state index contributed by atoms with van der Waals surface area (Å²) in [6.07, 6.45) is -1.67. The number of alkyl halides is 3. The summed E-state index contributed by atoms with van der Waals surface area (Å²) in [6, 6.07) is 24.4. The summed E-state index contributed by atoms with van der Waals surface area (Å²) < 4.78 is 39.2. The SMILES string of the molecule is FC(F)(F)c1ccnc(NN(Cc2ccccc2)Cc2ccc(CNCc3ccccn3)cc2)n1. The second-order valence-electron chi connectivity index (χ2n) is 7.96. The lowest BCUT2D eigenvalue weighted by Crippen LogP contribution is -2.30. The molecular formula is C26H25F3N6. The topological polar surface area (TPSA) is 66.0 Å². The molecule has 0 bridgehead atoms. The summed E-state index contributed by atoms with van der Waals surface area (Å²) in [4.78, 5) is 11.9. The fraction of sp³-hybridized carbons (Fsp3) is 0.192. The molecule has 0 atom stereocenters. The first kappa shape index (κ1) is 24.3. The fourth-order valence-corrected chi connectivity index (χ4v) is 3.47. The minimum Gasteiger partial charge on any atom is -0.307 e. The number of nitrogens with zero attached hydrogens (tertiary/aromatic N) is 4. The lowest BCUT2D eigenvalue weighted by molar-refractivity contribution is -0.141. The number of hydrogen-bond acceptors (Lipinski definition) is 6. The first-order chi connectivity index (χ1) is 17.0. The van der Waals surface area contributed by atoms with E-state index >= 15 is 0 Å². The van der Waals surface area contributed by atoms with Crippen molar-refractivity contribution in [3.8, 4) is 0 Å². The van der Waals surface area contributed by atoms with Gasteiger partial charge < -0.3 is 5.32 Å². The second kappa shape index (κ2) is 11.5. The predicted octanol–water partition coefficient (Wildman–Crippen LogP) is 5.21. The molecule has 0 spiro atoms. The van der Waals surface area contributed by atoms with Crippen molar-refractivity contribution < 1.29 is 13.2 Å². The number of aromatic nitrogens is 3. The van der Waals surface area contributed by atoms with Gasteiger partial charge in [-0.05, 0) is 34.9 Å². The molecule has 0 amide bonds. The van der Waals surface area contributed by atoms with Crippen LogP contribution in [0.4, 0.5) is 19.1 Å². The van der Waals surface area contributed by atoms with E-state index in [0.29, 0.717) is 26.2 Å². The molecule has 0 unspecified atom stereocenters. The number of anilines is 1. The van der Waals surface area contributed by atoms with E-state index in [1.807, 2.05) is 72.8 Å². The Balaban J connectivity index is 1.42. The van der Waals surface area contributed by atoms with Gasteiger partial charge in [-0.15, -0.1) is 0 Å². The summed E-state index contributed by atoms with van der Waals surface area (Å²) in [7, 11) is 0. The van der Waals surface area contributed by atoms with Gasteiger partial charge in [-0.1, -0.05) is 60.7 Å². The zero-order valence-corrected chi connectivity index (χ0v) is 18.9. The number of benzene rings is 2. The van der Waals surface area contributed by atoms with Crippen molar-refractivity contribution in [2.24, 2.45) is 0 Å². The van der Waals surface area contributed by atoms with E-state index in [9.17, 15) is 13.2 Å². The molecule has 2 aromatic carbocycles. The Bertz CT molecular complexity index is 1190. The molecule has 4 rings (SSSR count). The van der Waals surface area contributed by atoms with Crippen molar-refractivity contribution in [3.05, 3.63) is 119 Å². The molecular weight excluding hydrogens is 453 g/mol. The van der Waals surface area contributed by atoms with Gasteiger partial charge >= 0.3 is 6.18 Å². The van der Waals surface area contributed by atoms with Gasteiger partial charge in [0.2, 0.25) is 5.95 Å². The van der Waals surface area contributed by atoms with Crippen molar-refractivity contribution >= 4 is 5.95 Å². The largest absolute Gasteiger partial charge is 0.433 e. The van der Waals surface area contributed by atoms with Gasteiger partial charge in [0.15, 0.2) is 0 Å². The van der Waals surface area contributed by atoms with Gasteiger partial charge in [0.25, 0.3) is 0 Å². The first-order valence-electron chi connectivity index (χ1n) is 11.1. The lowest BCUT2D eigenvalue weighted by atomic mass is 10.1. The third-order valence-electron chi connectivity index (χ3n) is 5.18. The molecule has 0 aliphatic carbocycles. The molecule has 0 fully saturated rings. The summed E-state index contributed by atoms with van der Waals surface area (Å²) in [5.74, 6) is -0.105. The molecule has 35 heavy (non-hydrogen) atoms. The van der Waals surface area contributed by atoms with Gasteiger partial charge in [-0.2, -0.15) is 13.2 Å². The van der Waals surface area contributed by atoms with Crippen LogP contribution < -0.4 is 10.7 Å². The number of pyridine rings is 1. The molecule has 180 valence electrons. The third-order valence-corrected chi connectivity index (χ3v) is 5.18. The summed E-state index contributed by atoms with van der Waals surface area (Å²) in [6.45, 7) is 2.26. The van der Waals surface area contributed by atoms with Gasteiger partial charge in [0.1, 0.15) is 5.69 Å². The van der Waals surface area contributed by atoms with Crippen LogP contribution in [0, 0.1) is 0 Å². The number of rotatable bonds is 10. The smallest absolute Gasteiger partial charge is 0.307 e. The Hall–Kier alpha value is -3.82. The molecule has 4 aromatic rings. The Kier molecular flexibility index (Phi) is 8.02. The van der Waals surface area contributed by atoms with Crippen LogP contribution in [0.2, 0.25) is 0 Å². The Morgan fingerprint density at radius 3 is 2.06 bits per heavy atom. The molecule has 2 aromatic heterocycles. The molecule has 2 heterocycles. The number of hydrazine groups is 1. The quantitative estimate of drug-likeness (QED) is 0.305. The van der Waals surface area contributed by atoms with Crippen LogP contribution in [0.25, 0.3) is 0 Å². The van der Waals surface area contributed by atoms with Crippen molar-refractivity contribution in [2.75, 3.05) is 5.43 Å². The van der Waals surface area contributed by atoms with Crippen LogP contribution in [0.3, 0.4) is 0 Å². The normalized spacial score (nSPS) is 11.5. The Labute approximate surface area is 201 Å². The molecule has 0 saturated heterocycles. The van der Waals surface area contributed by atoms with Crippen LogP contribution >= 0.6 is 0 Å². The minimum atomic E-state index is -4.54. The van der Waals surface area contributed by atoms with Crippen LogP contribution in [-0.4, -0.2) is 20.0 Å². The maximum atomic E-state index is 13.1. The zero-order chi connectivity index (χ0) is 24.5. The average Bonchev–Trinajstić information content (AvgIpc) is 2.86. The molecule has 0 aliphatic heterocycles. The highest BCUT2D eigenvalue weighted by atomic mass is 19.4. The standard InChI is InChI=1S/C26H25F3N6/c27-26(28,29)24-13-15-32-25(33-24)34-35(18-21-6-2-1-3-7-21)19-22-11-9-20(10-12-22)16-30-17-23-8-4-5-14-31-23/h1-15,30H,16-19H2,(H,32,33,34). The van der Waals surface area contributed by atoms with E-state index in [4.69, 9.17) is 0 Å². The first-order valence-corrected chi connectivity index (χ1v) is 11.1. The monoisotopic (exact) mass is 478 g/mol. The van der Waals surface area contributed by atoms with E-state index < -0.39 is 11.9 Å². The number of nitrogens with one attached hydrogen (secondary N) is 2. The van der Waals surface area contributed by atoms with Crippen LogP contribution in [-0.2, 0) is 32.4 Å². The maximum Gasteiger partial charge on any atom is 0.433 e. The van der Waals surface area contributed by atoms with E-state index in [1.54, 1.807) is 11.2 Å². The Morgan fingerprint density at radius 2 is 1.37 bits per heavy atom. The van der Waals surface area contributed by atoms with Crippen molar-refractivity contribution in [1.82, 2.24) is 25.3 Å². The van der Waals surface area contributed by atoms with E-state index in [0.717, 1.165) is 34.6 Å². The highest BCUT2D eigenvalue weighted by Gasteiger charge is 2.32. The highest BCUT2D eigenvalue weighted by Crippen LogP contribution is 2.27. The van der Waals surface area contributed by atoms with Crippen molar-refractivity contribution in [1.29, 1.82) is 0 Å². The van der Waals surface area contributed by atoms with Crippen LogP contribution in [0.1, 0.15) is 28.1 Å². The lowest BCUT2D eigenvalue weighted by Gasteiger charge is -2.24. The third kappa shape index (κ3) is 7.59. The average molecular weight is 479 g/mol. The van der Waals surface area contributed by atoms with E-state index in [-0.39, 0.29) is 5.95 Å². The van der Waals surface area contributed by atoms with Gasteiger partial charge in [-0.25, -0.2) is 15.0 Å². The second-order valence-corrected chi connectivity index (χ2v) is 7.96. The molecule has 0 saturated carbocycles. The molecule has 0 radical (unpaired) electrons. The number of halogens is 3. The van der Waals surface area contributed by atoms with E-state index in [1.165, 1.54) is 0 Å². The van der Waals surface area contributed by atoms with Gasteiger partial charge in [-0.3, -0.25) is 10.4 Å². The van der Waals surface area contributed by atoms with Crippen LogP contribution in [0.15, 0.2) is 91.3 Å². The van der Waals surface area contributed by atoms with Crippen LogP contribution in [0.5, 0.6) is 0 Å². The fourth-order valence-electron chi connectivity index (χ4n) is 3.47. The Morgan fingerprint density at radius 1 is 0.686 bits per heavy atom. The minimum absolute atomic E-state index is 0.105. The van der Waals surface area contributed by atoms with Gasteiger partial charge in [0, 0.05) is 38.6 Å². The number of hydrogen-bond donors (Lipinski definition) is 2. The summed E-state index contributed by atoms with van der Waals surface area (Å²) >= 11 is 0. The van der Waals surface area contributed by atoms with Crippen molar-refractivity contribution in [2.45, 2.75) is 32.4 Å². The van der Waals surface area contributed by atoms with Gasteiger partial charge in [0.05, 0.1) is 5.69 Å². The molecule has 0 aliphatic rings. The molecule has 9 heteroatoms. The summed E-state index contributed by atoms with van der Waals surface area (Å²) in [5.41, 5.74) is 6.05. The molecule has 6 nitrogen and oxygen atoms in total. The summed E-state index contributed by atoms with van der Waals surface area (Å²) in [5, 5.41) is 5.16. The predicted molar refractivity (Wildman–Crippen MR) is 128 cm³/mol. The maximum absolute atomic E-state index is 13.1. The van der Waals surface area contributed by atoms with Crippen molar-refractivity contribution in [3.63, 3.8) is 0 Å².